The number of urea groups is 2. The van der Waals surface area contributed by atoms with E-state index in [9.17, 15) is 14.4 Å². The van der Waals surface area contributed by atoms with E-state index >= 15 is 0 Å². The van der Waals surface area contributed by atoms with E-state index in [2.05, 4.69) is 31.9 Å². The third-order valence-electron chi connectivity index (χ3n) is 6.16. The molecule has 0 saturated heterocycles. The van der Waals surface area contributed by atoms with Gasteiger partial charge in [0.1, 0.15) is 0 Å². The number of hydrogen-bond donors (Lipinski definition) is 3. The Kier molecular flexibility index (Phi) is 9.38. The zero-order valence-electron chi connectivity index (χ0n) is 21.9. The van der Waals surface area contributed by atoms with Crippen LogP contribution in [0.15, 0.2) is 88.9 Å². The normalized spacial score (nSPS) is 15.0. The van der Waals surface area contributed by atoms with Gasteiger partial charge in [-0.2, -0.15) is 0 Å². The summed E-state index contributed by atoms with van der Waals surface area (Å²) in [5.41, 5.74) is 3.39. The fourth-order valence-corrected chi connectivity index (χ4v) is 4.82. The molecule has 0 unspecified atom stereocenters. The molecule has 202 valence electrons. The molecule has 3 aromatic rings. The molecule has 1 aliphatic rings. The van der Waals surface area contributed by atoms with E-state index in [1.165, 1.54) is 0 Å². The summed E-state index contributed by atoms with van der Waals surface area (Å²) < 4.78 is 6.33. The lowest BCUT2D eigenvalue weighted by Crippen LogP contribution is -2.48. The second-order valence-corrected chi connectivity index (χ2v) is 9.87. The Morgan fingerprint density at radius 1 is 0.949 bits per heavy atom. The lowest BCUT2D eigenvalue weighted by atomic mass is 9.91. The monoisotopic (exact) mass is 590 g/mol. The van der Waals surface area contributed by atoms with Crippen molar-refractivity contribution in [1.82, 2.24) is 10.2 Å². The van der Waals surface area contributed by atoms with Crippen LogP contribution in [0.5, 0.6) is 0 Å². The molecule has 3 aromatic carbocycles. The fourth-order valence-electron chi connectivity index (χ4n) is 4.42. The number of rotatable bonds is 9. The first-order chi connectivity index (χ1) is 18.9. The number of carbonyl (C=O) groups is 3. The first-order valence-corrected chi connectivity index (χ1v) is 13.7. The molecule has 0 aromatic heterocycles. The number of unbranched alkanes of at least 4 members (excludes halogenated alkanes) is 1. The van der Waals surface area contributed by atoms with Crippen LogP contribution in [-0.4, -0.2) is 36.1 Å². The van der Waals surface area contributed by atoms with Crippen molar-refractivity contribution in [2.24, 2.45) is 0 Å². The number of amides is 4. The van der Waals surface area contributed by atoms with Crippen LogP contribution >= 0.6 is 15.9 Å². The molecule has 4 rings (SSSR count). The van der Waals surface area contributed by atoms with Gasteiger partial charge in [0.2, 0.25) is 0 Å². The van der Waals surface area contributed by atoms with Crippen molar-refractivity contribution in [3.63, 3.8) is 0 Å². The summed E-state index contributed by atoms with van der Waals surface area (Å²) in [6.45, 7) is 4.45. The van der Waals surface area contributed by atoms with Crippen molar-refractivity contribution in [1.29, 1.82) is 0 Å². The number of carbonyl (C=O) groups excluding carboxylic acids is 3. The molecule has 0 spiro atoms. The van der Waals surface area contributed by atoms with E-state index in [1.54, 1.807) is 42.2 Å². The Morgan fingerprint density at radius 2 is 1.64 bits per heavy atom. The van der Waals surface area contributed by atoms with Crippen LogP contribution in [0, 0.1) is 0 Å². The quantitative estimate of drug-likeness (QED) is 0.235. The van der Waals surface area contributed by atoms with E-state index in [-0.39, 0.29) is 12.6 Å². The van der Waals surface area contributed by atoms with Gasteiger partial charge in [0, 0.05) is 22.4 Å². The molecular weight excluding hydrogens is 560 g/mol. The van der Waals surface area contributed by atoms with E-state index in [0.717, 1.165) is 22.9 Å². The molecule has 3 N–H and O–H groups in total. The smallest absolute Gasteiger partial charge is 0.338 e. The van der Waals surface area contributed by atoms with Gasteiger partial charge < -0.3 is 20.7 Å². The third-order valence-corrected chi connectivity index (χ3v) is 6.66. The lowest BCUT2D eigenvalue weighted by Gasteiger charge is -2.37. The van der Waals surface area contributed by atoms with Gasteiger partial charge in [0.15, 0.2) is 0 Å². The predicted octanol–water partition coefficient (Wildman–Crippen LogP) is 6.93. The first-order valence-electron chi connectivity index (χ1n) is 12.9. The summed E-state index contributed by atoms with van der Waals surface area (Å²) >= 11 is 3.39. The molecule has 0 radical (unpaired) electrons. The van der Waals surface area contributed by atoms with Gasteiger partial charge in [0.05, 0.1) is 23.9 Å². The SMILES string of the molecule is CCCCN1C(=O)N[C@H](c2cccc(NC(=O)Nc3cccc(Br)c3)c2)C(C(=O)OCC)=C1c1ccccc1. The van der Waals surface area contributed by atoms with Crippen molar-refractivity contribution in [2.75, 3.05) is 23.8 Å². The van der Waals surface area contributed by atoms with Gasteiger partial charge in [-0.05, 0) is 54.8 Å². The highest BCUT2D eigenvalue weighted by molar-refractivity contribution is 9.10. The molecule has 0 aliphatic carbocycles. The highest BCUT2D eigenvalue weighted by Gasteiger charge is 2.38. The lowest BCUT2D eigenvalue weighted by molar-refractivity contribution is -0.138. The highest BCUT2D eigenvalue weighted by atomic mass is 79.9. The molecule has 0 saturated carbocycles. The number of hydrogen-bond acceptors (Lipinski definition) is 4. The van der Waals surface area contributed by atoms with Crippen LogP contribution in [0.4, 0.5) is 21.0 Å². The fraction of sp³-hybridized carbons (Fsp3) is 0.233. The zero-order chi connectivity index (χ0) is 27.8. The number of nitrogens with zero attached hydrogens (tertiary/aromatic N) is 1. The summed E-state index contributed by atoms with van der Waals surface area (Å²) in [4.78, 5) is 41.2. The van der Waals surface area contributed by atoms with E-state index < -0.39 is 18.0 Å². The van der Waals surface area contributed by atoms with Gasteiger partial charge in [-0.15, -0.1) is 0 Å². The van der Waals surface area contributed by atoms with Gasteiger partial charge in [-0.3, -0.25) is 4.90 Å². The van der Waals surface area contributed by atoms with Crippen LogP contribution in [-0.2, 0) is 9.53 Å². The van der Waals surface area contributed by atoms with E-state index in [1.807, 2.05) is 55.5 Å². The molecule has 1 aliphatic heterocycles. The van der Waals surface area contributed by atoms with Crippen molar-refractivity contribution in [2.45, 2.75) is 32.7 Å². The molecule has 1 heterocycles. The van der Waals surface area contributed by atoms with Crippen LogP contribution in [0.3, 0.4) is 0 Å². The van der Waals surface area contributed by atoms with Crippen LogP contribution in [0.2, 0.25) is 0 Å². The number of halogens is 1. The molecule has 1 atom stereocenters. The summed E-state index contributed by atoms with van der Waals surface area (Å²) in [6, 6.07) is 22.2. The minimum atomic E-state index is -0.778. The maximum absolute atomic E-state index is 13.4. The molecule has 8 nitrogen and oxygen atoms in total. The second-order valence-electron chi connectivity index (χ2n) is 8.95. The van der Waals surface area contributed by atoms with Gasteiger partial charge in [-0.25, -0.2) is 14.4 Å². The van der Waals surface area contributed by atoms with Crippen molar-refractivity contribution in [3.8, 4) is 0 Å². The van der Waals surface area contributed by atoms with Gasteiger partial charge >= 0.3 is 18.0 Å². The average molecular weight is 592 g/mol. The second kappa shape index (κ2) is 13.1. The molecular formula is C30H31BrN4O4. The van der Waals surface area contributed by atoms with Crippen molar-refractivity contribution < 1.29 is 19.1 Å². The Bertz CT molecular complexity index is 1380. The number of nitrogens with one attached hydrogen (secondary N) is 3. The Morgan fingerprint density at radius 3 is 2.31 bits per heavy atom. The van der Waals surface area contributed by atoms with Gasteiger partial charge in [0.25, 0.3) is 0 Å². The number of esters is 1. The zero-order valence-corrected chi connectivity index (χ0v) is 23.5. The number of anilines is 2. The van der Waals surface area contributed by atoms with Crippen molar-refractivity contribution in [3.05, 3.63) is 100 Å². The maximum Gasteiger partial charge on any atom is 0.338 e. The molecule has 0 bridgehead atoms. The molecule has 39 heavy (non-hydrogen) atoms. The Labute approximate surface area is 236 Å². The topological polar surface area (TPSA) is 99.8 Å². The van der Waals surface area contributed by atoms with E-state index in [4.69, 9.17) is 4.74 Å². The maximum atomic E-state index is 13.4. The summed E-state index contributed by atoms with van der Waals surface area (Å²) in [6.07, 6.45) is 1.66. The summed E-state index contributed by atoms with van der Waals surface area (Å²) in [5.74, 6) is -0.506. The minimum Gasteiger partial charge on any atom is -0.463 e. The third kappa shape index (κ3) is 6.86. The summed E-state index contributed by atoms with van der Waals surface area (Å²) in [7, 11) is 0. The van der Waals surface area contributed by atoms with Crippen molar-refractivity contribution >= 4 is 51.0 Å². The summed E-state index contributed by atoms with van der Waals surface area (Å²) in [5, 5.41) is 8.63. The van der Waals surface area contributed by atoms with Crippen LogP contribution < -0.4 is 16.0 Å². The largest absolute Gasteiger partial charge is 0.463 e. The minimum absolute atomic E-state index is 0.192. The molecule has 0 fully saturated rings. The number of ether oxygens (including phenoxy) is 1. The number of benzene rings is 3. The average Bonchev–Trinajstić information content (AvgIpc) is 2.92. The standard InChI is InChI=1S/C30H31BrN4O4/c1-3-5-17-35-27(20-11-7-6-8-12-20)25(28(36)39-4-2)26(34-30(35)38)21-13-9-15-23(18-21)32-29(37)33-24-16-10-14-22(31)19-24/h6-16,18-19,26H,3-5,17H2,1-2H3,(H,34,38)(H2,32,33,37)/t26-/m1/s1. The van der Waals surface area contributed by atoms with E-state index in [0.29, 0.717) is 34.8 Å². The molecule has 9 heteroatoms. The predicted molar refractivity (Wildman–Crippen MR) is 156 cm³/mol. The Balaban J connectivity index is 1.72. The molecule has 4 amide bonds. The first kappa shape index (κ1) is 27.9. The van der Waals surface area contributed by atoms with Crippen LogP contribution in [0.1, 0.15) is 43.9 Å². The van der Waals surface area contributed by atoms with Crippen LogP contribution in [0.25, 0.3) is 5.70 Å². The highest BCUT2D eigenvalue weighted by Crippen LogP contribution is 2.37. The Hall–Kier alpha value is -4.11. The van der Waals surface area contributed by atoms with Gasteiger partial charge in [-0.1, -0.05) is 77.8 Å².